The molecule has 0 aliphatic carbocycles. The van der Waals surface area contributed by atoms with Crippen LogP contribution in [0.4, 0.5) is 0 Å². The van der Waals surface area contributed by atoms with Crippen LogP contribution in [-0.2, 0) is 11.3 Å². The number of benzene rings is 2. The number of hydrogen-bond donors (Lipinski definition) is 1. The molecule has 3 aromatic rings. The number of methoxy groups -OCH3 is 1. The predicted octanol–water partition coefficient (Wildman–Crippen LogP) is 4.88. The van der Waals surface area contributed by atoms with Gasteiger partial charge >= 0.3 is 0 Å². The highest BCUT2D eigenvalue weighted by molar-refractivity contribution is 7.10. The van der Waals surface area contributed by atoms with Crippen molar-refractivity contribution < 1.29 is 14.3 Å². The van der Waals surface area contributed by atoms with Crippen LogP contribution in [0.25, 0.3) is 6.08 Å². The molecular formula is C21H19NO3S. The summed E-state index contributed by atoms with van der Waals surface area (Å²) in [5.74, 6) is 2.15. The summed E-state index contributed by atoms with van der Waals surface area (Å²) in [4.78, 5) is 12.9. The van der Waals surface area contributed by atoms with Crippen molar-refractivity contribution in [1.82, 2.24) is 5.32 Å². The molecule has 0 unspecified atom stereocenters. The Bertz CT molecular complexity index is 853. The summed E-state index contributed by atoms with van der Waals surface area (Å²) in [6, 6.07) is 19.0. The molecule has 26 heavy (non-hydrogen) atoms. The first kappa shape index (κ1) is 17.8. The first-order valence-corrected chi connectivity index (χ1v) is 9.01. The Morgan fingerprint density at radius 3 is 2.27 bits per heavy atom. The number of ether oxygens (including phenoxy) is 2. The van der Waals surface area contributed by atoms with Gasteiger partial charge in [-0.3, -0.25) is 4.79 Å². The number of carbonyl (C=O) groups excluding carboxylic acids is 1. The number of carbonyl (C=O) groups is 1. The van der Waals surface area contributed by atoms with Gasteiger partial charge in [-0.05, 0) is 59.5 Å². The Morgan fingerprint density at radius 1 is 1.00 bits per heavy atom. The SMILES string of the molecule is COc1ccc(Oc2ccc(CNC(=O)C=Cc3cccs3)cc2)cc1. The lowest BCUT2D eigenvalue weighted by Gasteiger charge is -2.08. The van der Waals surface area contributed by atoms with Gasteiger partial charge in [0.1, 0.15) is 17.2 Å². The molecule has 4 nitrogen and oxygen atoms in total. The van der Waals surface area contributed by atoms with Crippen LogP contribution in [0, 0.1) is 0 Å². The van der Waals surface area contributed by atoms with E-state index in [9.17, 15) is 4.79 Å². The van der Waals surface area contributed by atoms with Gasteiger partial charge in [0.05, 0.1) is 7.11 Å². The third kappa shape index (κ3) is 5.22. The van der Waals surface area contributed by atoms with E-state index in [1.54, 1.807) is 24.5 Å². The Labute approximate surface area is 156 Å². The van der Waals surface area contributed by atoms with Crippen LogP contribution in [0.3, 0.4) is 0 Å². The minimum Gasteiger partial charge on any atom is -0.497 e. The van der Waals surface area contributed by atoms with E-state index < -0.39 is 0 Å². The Kier molecular flexibility index (Phi) is 6.06. The van der Waals surface area contributed by atoms with Crippen molar-refractivity contribution in [3.8, 4) is 17.2 Å². The predicted molar refractivity (Wildman–Crippen MR) is 105 cm³/mol. The van der Waals surface area contributed by atoms with Gasteiger partial charge in [0.2, 0.25) is 5.91 Å². The standard InChI is InChI=1S/C21H19NO3S/c1-24-17-8-10-19(11-9-17)25-18-6-4-16(5-7-18)15-22-21(23)13-12-20-3-2-14-26-20/h2-14H,15H2,1H3,(H,22,23). The molecule has 1 amide bonds. The minimum atomic E-state index is -0.114. The zero-order valence-corrected chi connectivity index (χ0v) is 15.2. The molecule has 0 fully saturated rings. The molecule has 1 heterocycles. The van der Waals surface area contributed by atoms with Crippen molar-refractivity contribution in [2.75, 3.05) is 7.11 Å². The molecular weight excluding hydrogens is 346 g/mol. The molecule has 1 aromatic heterocycles. The average molecular weight is 365 g/mol. The van der Waals surface area contributed by atoms with Gasteiger partial charge in [-0.15, -0.1) is 11.3 Å². The van der Waals surface area contributed by atoms with Gasteiger partial charge in [-0.1, -0.05) is 18.2 Å². The summed E-state index contributed by atoms with van der Waals surface area (Å²) in [7, 11) is 1.63. The molecule has 0 saturated carbocycles. The van der Waals surface area contributed by atoms with Crippen molar-refractivity contribution >= 4 is 23.3 Å². The smallest absolute Gasteiger partial charge is 0.244 e. The van der Waals surface area contributed by atoms with Gasteiger partial charge in [-0.2, -0.15) is 0 Å². The summed E-state index contributed by atoms with van der Waals surface area (Å²) < 4.78 is 10.9. The van der Waals surface area contributed by atoms with E-state index in [2.05, 4.69) is 5.32 Å². The second-order valence-electron chi connectivity index (χ2n) is 5.49. The third-order valence-electron chi connectivity index (χ3n) is 3.63. The Balaban J connectivity index is 1.50. The molecule has 0 spiro atoms. The van der Waals surface area contributed by atoms with E-state index in [-0.39, 0.29) is 5.91 Å². The summed E-state index contributed by atoms with van der Waals surface area (Å²) in [6.45, 7) is 0.469. The van der Waals surface area contributed by atoms with Crippen LogP contribution in [-0.4, -0.2) is 13.0 Å². The highest BCUT2D eigenvalue weighted by Gasteiger charge is 2.01. The topological polar surface area (TPSA) is 47.6 Å². The number of thiophene rings is 1. The quantitative estimate of drug-likeness (QED) is 0.607. The van der Waals surface area contributed by atoms with Gasteiger partial charge in [-0.25, -0.2) is 0 Å². The van der Waals surface area contributed by atoms with Crippen LogP contribution >= 0.6 is 11.3 Å². The monoisotopic (exact) mass is 365 g/mol. The van der Waals surface area contributed by atoms with Gasteiger partial charge in [0.25, 0.3) is 0 Å². The Hall–Kier alpha value is -3.05. The van der Waals surface area contributed by atoms with E-state index >= 15 is 0 Å². The largest absolute Gasteiger partial charge is 0.497 e. The van der Waals surface area contributed by atoms with E-state index in [0.29, 0.717) is 6.54 Å². The first-order valence-electron chi connectivity index (χ1n) is 8.13. The van der Waals surface area contributed by atoms with Crippen molar-refractivity contribution in [1.29, 1.82) is 0 Å². The summed E-state index contributed by atoms with van der Waals surface area (Å²) in [6.07, 6.45) is 3.36. The molecule has 0 bridgehead atoms. The summed E-state index contributed by atoms with van der Waals surface area (Å²) >= 11 is 1.60. The fraction of sp³-hybridized carbons (Fsp3) is 0.0952. The fourth-order valence-electron chi connectivity index (χ4n) is 2.25. The molecule has 0 saturated heterocycles. The van der Waals surface area contributed by atoms with Crippen molar-refractivity contribution in [3.63, 3.8) is 0 Å². The minimum absolute atomic E-state index is 0.114. The van der Waals surface area contributed by atoms with Crippen LogP contribution in [0.1, 0.15) is 10.4 Å². The van der Waals surface area contributed by atoms with Crippen molar-refractivity contribution in [2.45, 2.75) is 6.54 Å². The van der Waals surface area contributed by atoms with E-state index in [1.807, 2.05) is 72.1 Å². The molecule has 0 aliphatic heterocycles. The third-order valence-corrected chi connectivity index (χ3v) is 4.46. The first-order chi connectivity index (χ1) is 12.7. The molecule has 0 atom stereocenters. The van der Waals surface area contributed by atoms with Crippen molar-refractivity contribution in [2.24, 2.45) is 0 Å². The van der Waals surface area contributed by atoms with Crippen LogP contribution in [0.2, 0.25) is 0 Å². The van der Waals surface area contributed by atoms with E-state index in [4.69, 9.17) is 9.47 Å². The second-order valence-corrected chi connectivity index (χ2v) is 6.47. The average Bonchev–Trinajstić information content (AvgIpc) is 3.20. The zero-order chi connectivity index (χ0) is 18.2. The highest BCUT2D eigenvalue weighted by Crippen LogP contribution is 2.24. The van der Waals surface area contributed by atoms with Gasteiger partial charge in [0.15, 0.2) is 0 Å². The molecule has 3 rings (SSSR count). The van der Waals surface area contributed by atoms with Gasteiger partial charge < -0.3 is 14.8 Å². The maximum atomic E-state index is 11.8. The van der Waals surface area contributed by atoms with Crippen LogP contribution < -0.4 is 14.8 Å². The number of nitrogens with one attached hydrogen (secondary N) is 1. The Morgan fingerprint density at radius 2 is 1.65 bits per heavy atom. The molecule has 2 aromatic carbocycles. The van der Waals surface area contributed by atoms with E-state index in [1.165, 1.54) is 0 Å². The molecule has 0 radical (unpaired) electrons. The number of rotatable bonds is 7. The summed E-state index contributed by atoms with van der Waals surface area (Å²) in [5.41, 5.74) is 1.00. The number of hydrogen-bond acceptors (Lipinski definition) is 4. The fourth-order valence-corrected chi connectivity index (χ4v) is 2.87. The highest BCUT2D eigenvalue weighted by atomic mass is 32.1. The molecule has 1 N–H and O–H groups in total. The van der Waals surface area contributed by atoms with Gasteiger partial charge in [0, 0.05) is 17.5 Å². The van der Waals surface area contributed by atoms with Crippen molar-refractivity contribution in [3.05, 3.63) is 82.6 Å². The van der Waals surface area contributed by atoms with Crippen LogP contribution in [0.5, 0.6) is 17.2 Å². The molecule has 132 valence electrons. The lowest BCUT2D eigenvalue weighted by molar-refractivity contribution is -0.116. The number of amides is 1. The molecule has 0 aliphatic rings. The maximum Gasteiger partial charge on any atom is 0.244 e. The maximum absolute atomic E-state index is 11.8. The zero-order valence-electron chi connectivity index (χ0n) is 14.3. The normalized spacial score (nSPS) is 10.7. The van der Waals surface area contributed by atoms with Crippen LogP contribution in [0.15, 0.2) is 72.1 Å². The lowest BCUT2D eigenvalue weighted by Crippen LogP contribution is -2.20. The molecule has 5 heteroatoms. The second kappa shape index (κ2) is 8.87. The van der Waals surface area contributed by atoms with E-state index in [0.717, 1.165) is 27.7 Å². The lowest BCUT2D eigenvalue weighted by atomic mass is 10.2. The summed E-state index contributed by atoms with van der Waals surface area (Å²) in [5, 5.41) is 4.85.